The molecule has 2 N–H and O–H groups in total. The van der Waals surface area contributed by atoms with Gasteiger partial charge in [0.25, 0.3) is 0 Å². The third-order valence-electron chi connectivity index (χ3n) is 5.17. The highest BCUT2D eigenvalue weighted by Gasteiger charge is 2.28. The van der Waals surface area contributed by atoms with Crippen molar-refractivity contribution in [2.45, 2.75) is 31.9 Å². The van der Waals surface area contributed by atoms with Gasteiger partial charge in [-0.15, -0.1) is 0 Å². The van der Waals surface area contributed by atoms with Crippen LogP contribution in [0.5, 0.6) is 0 Å². The molecule has 156 valence electrons. The number of benzene rings is 1. The second kappa shape index (κ2) is 11.0. The van der Waals surface area contributed by atoms with E-state index in [9.17, 15) is 9.59 Å². The molecule has 1 aromatic carbocycles. The average molecular weight is 392 g/mol. The first-order valence-electron chi connectivity index (χ1n) is 10.1. The minimum Gasteiger partial charge on any atom is -0.445 e. The first kappa shape index (κ1) is 22.2. The molecule has 0 saturated carbocycles. The molecule has 1 atom stereocenters. The summed E-state index contributed by atoms with van der Waals surface area (Å²) in [6.45, 7) is 4.14. The number of carbonyl (C=O) groups is 2. The average Bonchev–Trinajstić information content (AvgIpc) is 2.69. The highest BCUT2D eigenvalue weighted by Crippen LogP contribution is 2.16. The van der Waals surface area contributed by atoms with Crippen molar-refractivity contribution >= 4 is 12.0 Å². The number of quaternary nitrogens is 1. The molecule has 1 fully saturated rings. The quantitative estimate of drug-likeness (QED) is 0.495. The zero-order chi connectivity index (χ0) is 20.4. The molecule has 0 aliphatic carbocycles. The smallest absolute Gasteiger partial charge is 0.407 e. The number of hydrogen-bond donors (Lipinski definition) is 2. The fourth-order valence-electron chi connectivity index (χ4n) is 3.31. The van der Waals surface area contributed by atoms with Gasteiger partial charge in [-0.25, -0.2) is 4.79 Å². The summed E-state index contributed by atoms with van der Waals surface area (Å²) in [5.41, 5.74) is 0.967. The summed E-state index contributed by atoms with van der Waals surface area (Å²) in [6.07, 6.45) is 1.83. The molecular formula is C21H35N4O3+. The molecule has 0 radical (unpaired) electrons. The van der Waals surface area contributed by atoms with Crippen LogP contribution in [0.25, 0.3) is 0 Å². The number of piperazine rings is 1. The van der Waals surface area contributed by atoms with Crippen LogP contribution in [0.4, 0.5) is 4.79 Å². The molecule has 0 spiro atoms. The maximum Gasteiger partial charge on any atom is 0.407 e. The molecule has 7 heteroatoms. The number of ether oxygens (including phenoxy) is 1. The van der Waals surface area contributed by atoms with Gasteiger partial charge >= 0.3 is 6.09 Å². The summed E-state index contributed by atoms with van der Waals surface area (Å²) in [4.78, 5) is 26.4. The minimum absolute atomic E-state index is 0.226. The van der Waals surface area contributed by atoms with Crippen LogP contribution in [-0.4, -0.2) is 81.3 Å². The van der Waals surface area contributed by atoms with Crippen LogP contribution >= 0.6 is 0 Å². The Hall–Kier alpha value is -2.12. The molecule has 1 aliphatic rings. The molecule has 1 heterocycles. The second-order valence-corrected chi connectivity index (χ2v) is 8.24. The number of carbonyl (C=O) groups excluding carboxylic acids is 2. The topological polar surface area (TPSA) is 70.7 Å². The zero-order valence-electron chi connectivity index (χ0n) is 17.4. The van der Waals surface area contributed by atoms with Crippen molar-refractivity contribution in [1.29, 1.82) is 0 Å². The van der Waals surface area contributed by atoms with Gasteiger partial charge in [-0.1, -0.05) is 30.3 Å². The van der Waals surface area contributed by atoms with Crippen LogP contribution < -0.4 is 10.6 Å². The van der Waals surface area contributed by atoms with Crippen molar-refractivity contribution < 1.29 is 18.8 Å². The summed E-state index contributed by atoms with van der Waals surface area (Å²) in [5.74, 6) is 0.231. The molecule has 28 heavy (non-hydrogen) atoms. The van der Waals surface area contributed by atoms with Gasteiger partial charge in [0.15, 0.2) is 0 Å². The van der Waals surface area contributed by atoms with Gasteiger partial charge in [0, 0.05) is 39.1 Å². The summed E-state index contributed by atoms with van der Waals surface area (Å²) in [6, 6.07) is 9.85. The van der Waals surface area contributed by atoms with E-state index in [0.29, 0.717) is 13.0 Å². The Kier molecular flexibility index (Phi) is 8.73. The fourth-order valence-corrected chi connectivity index (χ4v) is 3.31. The molecule has 2 amide bonds. The Morgan fingerprint density at radius 2 is 1.86 bits per heavy atom. The lowest BCUT2D eigenvalue weighted by atomic mass is 10.0. The van der Waals surface area contributed by atoms with E-state index in [-0.39, 0.29) is 18.6 Å². The molecule has 2 rings (SSSR count). The first-order valence-corrected chi connectivity index (χ1v) is 10.1. The van der Waals surface area contributed by atoms with Gasteiger partial charge in [-0.05, 0) is 12.0 Å². The summed E-state index contributed by atoms with van der Waals surface area (Å²) < 4.78 is 5.96. The lowest BCUT2D eigenvalue weighted by molar-refractivity contribution is -0.895. The van der Waals surface area contributed by atoms with Crippen molar-refractivity contribution in [2.75, 3.05) is 53.9 Å². The van der Waals surface area contributed by atoms with Crippen LogP contribution in [0.2, 0.25) is 0 Å². The van der Waals surface area contributed by atoms with Gasteiger partial charge in [-0.2, -0.15) is 0 Å². The lowest BCUT2D eigenvalue weighted by Gasteiger charge is -2.36. The second-order valence-electron chi connectivity index (χ2n) is 8.24. The number of alkyl carbamates (subject to hydrolysis) is 1. The number of rotatable bonds is 9. The zero-order valence-corrected chi connectivity index (χ0v) is 17.4. The molecule has 0 unspecified atom stereocenters. The normalized spacial score (nSPS) is 15.8. The minimum atomic E-state index is -0.400. The molecule has 1 aromatic rings. The molecule has 7 nitrogen and oxygen atoms in total. The Balaban J connectivity index is 1.69. The van der Waals surface area contributed by atoms with Crippen molar-refractivity contribution in [2.24, 2.45) is 0 Å². The van der Waals surface area contributed by atoms with Crippen LogP contribution in [-0.2, 0) is 16.1 Å². The lowest BCUT2D eigenvalue weighted by Crippen LogP contribution is -2.51. The van der Waals surface area contributed by atoms with E-state index >= 15 is 0 Å². The van der Waals surface area contributed by atoms with Crippen LogP contribution in [0.1, 0.15) is 24.8 Å². The first-order chi connectivity index (χ1) is 13.4. The molecule has 0 bridgehead atoms. The molecular weight excluding hydrogens is 356 g/mol. The molecule has 1 aliphatic heterocycles. The number of nitrogens with one attached hydrogen (secondary N) is 2. The van der Waals surface area contributed by atoms with E-state index < -0.39 is 6.09 Å². The van der Waals surface area contributed by atoms with Crippen molar-refractivity contribution in [3.63, 3.8) is 0 Å². The van der Waals surface area contributed by atoms with Crippen molar-refractivity contribution in [3.05, 3.63) is 35.9 Å². The third kappa shape index (κ3) is 7.86. The van der Waals surface area contributed by atoms with Crippen molar-refractivity contribution in [1.82, 2.24) is 15.5 Å². The SMILES string of the molecule is C[N+](C)(C)[C@@H](CCCNC(=O)OCc1ccccc1)CC(=O)N1CCNCC1. The van der Waals surface area contributed by atoms with E-state index in [1.54, 1.807) is 0 Å². The van der Waals surface area contributed by atoms with E-state index in [1.807, 2.05) is 35.2 Å². The number of nitrogens with zero attached hydrogens (tertiary/aromatic N) is 2. The van der Waals surface area contributed by atoms with E-state index in [1.165, 1.54) is 0 Å². The van der Waals surface area contributed by atoms with Crippen LogP contribution in [0, 0.1) is 0 Å². The monoisotopic (exact) mass is 391 g/mol. The third-order valence-corrected chi connectivity index (χ3v) is 5.17. The van der Waals surface area contributed by atoms with E-state index in [4.69, 9.17) is 4.74 Å². The van der Waals surface area contributed by atoms with Gasteiger partial charge in [0.05, 0.1) is 33.6 Å². The highest BCUT2D eigenvalue weighted by atomic mass is 16.5. The van der Waals surface area contributed by atoms with E-state index in [0.717, 1.165) is 49.1 Å². The van der Waals surface area contributed by atoms with Gasteiger partial charge in [-0.3, -0.25) is 4.79 Å². The van der Waals surface area contributed by atoms with E-state index in [2.05, 4.69) is 31.8 Å². The fraction of sp³-hybridized carbons (Fsp3) is 0.619. The van der Waals surface area contributed by atoms with Gasteiger partial charge < -0.3 is 24.8 Å². The largest absolute Gasteiger partial charge is 0.445 e. The Labute approximate surface area is 168 Å². The number of hydrogen-bond acceptors (Lipinski definition) is 4. The Morgan fingerprint density at radius 3 is 2.50 bits per heavy atom. The number of amides is 2. The Morgan fingerprint density at radius 1 is 1.18 bits per heavy atom. The predicted octanol–water partition coefficient (Wildman–Crippen LogP) is 1.59. The molecule has 0 aromatic heterocycles. The standard InChI is InChI=1S/C21H34N4O3/c1-25(2,3)19(16-20(26)24-14-12-22-13-15-24)10-7-11-23-21(27)28-17-18-8-5-4-6-9-18/h4-6,8-9,19,22H,7,10-17H2,1-3H3/p+1/t19-/m0/s1. The maximum atomic E-state index is 12.6. The summed E-state index contributed by atoms with van der Waals surface area (Å²) in [7, 11) is 6.37. The van der Waals surface area contributed by atoms with Gasteiger partial charge in [0.2, 0.25) is 5.91 Å². The van der Waals surface area contributed by atoms with Gasteiger partial charge in [0.1, 0.15) is 6.61 Å². The van der Waals surface area contributed by atoms with Crippen LogP contribution in [0.15, 0.2) is 30.3 Å². The summed E-state index contributed by atoms with van der Waals surface area (Å²) in [5, 5.41) is 6.08. The highest BCUT2D eigenvalue weighted by molar-refractivity contribution is 5.76. The predicted molar refractivity (Wildman–Crippen MR) is 110 cm³/mol. The Bertz CT molecular complexity index is 610. The maximum absolute atomic E-state index is 12.6. The summed E-state index contributed by atoms with van der Waals surface area (Å²) >= 11 is 0. The van der Waals surface area contributed by atoms with Crippen molar-refractivity contribution in [3.8, 4) is 0 Å². The molecule has 1 saturated heterocycles. The van der Waals surface area contributed by atoms with Crippen LogP contribution in [0.3, 0.4) is 0 Å².